The number of nitrogens with zero attached hydrogens (tertiary/aromatic N) is 1. The number of hydrogen-bond acceptors (Lipinski definition) is 3. The van der Waals surface area contributed by atoms with E-state index < -0.39 is 0 Å². The van der Waals surface area contributed by atoms with Gasteiger partial charge in [0.15, 0.2) is 5.96 Å². The first kappa shape index (κ1) is 19.7. The lowest BCUT2D eigenvalue weighted by atomic mass is 10.2. The van der Waals surface area contributed by atoms with Crippen molar-refractivity contribution in [1.29, 1.82) is 0 Å². The minimum Gasteiger partial charge on any atom is -0.489 e. The van der Waals surface area contributed by atoms with Crippen LogP contribution >= 0.6 is 0 Å². The number of nitrogens with one attached hydrogen (secondary N) is 3. The van der Waals surface area contributed by atoms with Crippen LogP contribution in [-0.4, -0.2) is 44.7 Å². The van der Waals surface area contributed by atoms with Crippen LogP contribution in [-0.2, 0) is 4.79 Å². The van der Waals surface area contributed by atoms with Crippen molar-refractivity contribution in [3.8, 4) is 5.75 Å². The Bertz CT molecular complexity index is 537. The van der Waals surface area contributed by atoms with Crippen molar-refractivity contribution in [3.63, 3.8) is 0 Å². The van der Waals surface area contributed by atoms with Gasteiger partial charge in [-0.3, -0.25) is 9.79 Å². The molecule has 0 radical (unpaired) electrons. The molecule has 0 spiro atoms. The van der Waals surface area contributed by atoms with Crippen LogP contribution in [0.4, 0.5) is 4.39 Å². The number of guanidine groups is 1. The number of halogens is 1. The van der Waals surface area contributed by atoms with Crippen LogP contribution in [0.2, 0.25) is 0 Å². The average Bonchev–Trinajstić information content (AvgIpc) is 2.58. The molecule has 0 aliphatic carbocycles. The highest BCUT2D eigenvalue weighted by Gasteiger charge is 2.10. The maximum Gasteiger partial charge on any atom is 0.239 e. The molecule has 7 heteroatoms. The number of amides is 1. The van der Waals surface area contributed by atoms with Gasteiger partial charge in [-0.2, -0.15) is 0 Å². The summed E-state index contributed by atoms with van der Waals surface area (Å²) < 4.78 is 18.9. The van der Waals surface area contributed by atoms with E-state index in [1.807, 2.05) is 13.8 Å². The summed E-state index contributed by atoms with van der Waals surface area (Å²) in [6.45, 7) is 5.29. The van der Waals surface area contributed by atoms with Gasteiger partial charge in [-0.15, -0.1) is 0 Å². The number of carbonyl (C=O) groups is 1. The Morgan fingerprint density at radius 1 is 1.29 bits per heavy atom. The molecular weight excluding hydrogens is 311 g/mol. The number of rotatable bonds is 9. The zero-order valence-electron chi connectivity index (χ0n) is 14.6. The summed E-state index contributed by atoms with van der Waals surface area (Å²) in [6, 6.07) is 6.06. The highest BCUT2D eigenvalue weighted by Crippen LogP contribution is 2.14. The Hall–Kier alpha value is -2.31. The van der Waals surface area contributed by atoms with Crippen LogP contribution in [0, 0.1) is 5.82 Å². The molecule has 0 aliphatic rings. The van der Waals surface area contributed by atoms with Crippen molar-refractivity contribution in [3.05, 3.63) is 30.1 Å². The van der Waals surface area contributed by atoms with E-state index in [-0.39, 0.29) is 24.4 Å². The fourth-order valence-corrected chi connectivity index (χ4v) is 1.92. The SMILES string of the molecule is CCCNC(=O)CNC(=NC)NCC(CC)Oc1cccc(F)c1. The van der Waals surface area contributed by atoms with E-state index in [2.05, 4.69) is 20.9 Å². The van der Waals surface area contributed by atoms with Crippen molar-refractivity contribution < 1.29 is 13.9 Å². The van der Waals surface area contributed by atoms with E-state index in [0.717, 1.165) is 12.8 Å². The molecule has 1 amide bonds. The van der Waals surface area contributed by atoms with E-state index >= 15 is 0 Å². The lowest BCUT2D eigenvalue weighted by Gasteiger charge is -2.20. The quantitative estimate of drug-likeness (QED) is 0.473. The standard InChI is InChI=1S/C17H27FN4O2/c1-4-9-20-16(23)12-22-17(19-3)21-11-14(5-2)24-15-8-6-7-13(18)10-15/h6-8,10,14H,4-5,9,11-12H2,1-3H3,(H,20,23)(H2,19,21,22). The number of hydrogen-bond donors (Lipinski definition) is 3. The molecular formula is C17H27FN4O2. The highest BCUT2D eigenvalue weighted by molar-refractivity contribution is 5.86. The molecule has 1 rings (SSSR count). The molecule has 0 aromatic heterocycles. The summed E-state index contributed by atoms with van der Waals surface area (Å²) >= 11 is 0. The third-order valence-electron chi connectivity index (χ3n) is 3.26. The maximum absolute atomic E-state index is 13.2. The predicted molar refractivity (Wildman–Crippen MR) is 93.8 cm³/mol. The van der Waals surface area contributed by atoms with E-state index in [9.17, 15) is 9.18 Å². The molecule has 0 aliphatic heterocycles. The maximum atomic E-state index is 13.2. The molecule has 0 bridgehead atoms. The van der Waals surface area contributed by atoms with Gasteiger partial charge in [-0.05, 0) is 25.0 Å². The molecule has 1 atom stereocenters. The Balaban J connectivity index is 2.41. The van der Waals surface area contributed by atoms with Gasteiger partial charge in [0.1, 0.15) is 17.7 Å². The van der Waals surface area contributed by atoms with Crippen molar-refractivity contribution in [2.75, 3.05) is 26.7 Å². The van der Waals surface area contributed by atoms with Gasteiger partial charge >= 0.3 is 0 Å². The first-order chi connectivity index (χ1) is 11.6. The zero-order valence-corrected chi connectivity index (χ0v) is 14.6. The molecule has 0 heterocycles. The molecule has 1 aromatic carbocycles. The third-order valence-corrected chi connectivity index (χ3v) is 3.26. The summed E-state index contributed by atoms with van der Waals surface area (Å²) in [5, 5.41) is 8.83. The summed E-state index contributed by atoms with van der Waals surface area (Å²) in [5.74, 6) is 0.599. The molecule has 0 saturated carbocycles. The molecule has 1 aromatic rings. The van der Waals surface area contributed by atoms with Gasteiger partial charge in [-0.25, -0.2) is 4.39 Å². The monoisotopic (exact) mass is 338 g/mol. The number of aliphatic imine (C=N–C) groups is 1. The van der Waals surface area contributed by atoms with Gasteiger partial charge in [0, 0.05) is 19.7 Å². The fraction of sp³-hybridized carbons (Fsp3) is 0.529. The Morgan fingerprint density at radius 2 is 2.08 bits per heavy atom. The molecule has 0 saturated heterocycles. The lowest BCUT2D eigenvalue weighted by molar-refractivity contribution is -0.120. The largest absolute Gasteiger partial charge is 0.489 e. The molecule has 1 unspecified atom stereocenters. The van der Waals surface area contributed by atoms with Crippen LogP contribution in [0.25, 0.3) is 0 Å². The Kier molecular flexibility index (Phi) is 9.26. The van der Waals surface area contributed by atoms with Crippen molar-refractivity contribution >= 4 is 11.9 Å². The number of carbonyl (C=O) groups excluding carboxylic acids is 1. The van der Waals surface area contributed by atoms with Gasteiger partial charge < -0.3 is 20.7 Å². The molecule has 3 N–H and O–H groups in total. The van der Waals surface area contributed by atoms with Gasteiger partial charge in [0.25, 0.3) is 0 Å². The summed E-state index contributed by atoms with van der Waals surface area (Å²) in [7, 11) is 1.63. The number of ether oxygens (including phenoxy) is 1. The predicted octanol–water partition coefficient (Wildman–Crippen LogP) is 1.67. The van der Waals surface area contributed by atoms with Gasteiger partial charge in [0.05, 0.1) is 13.1 Å². The van der Waals surface area contributed by atoms with Crippen LogP contribution < -0.4 is 20.7 Å². The zero-order chi connectivity index (χ0) is 17.8. The minimum absolute atomic E-state index is 0.0807. The average molecular weight is 338 g/mol. The first-order valence-corrected chi connectivity index (χ1v) is 8.22. The summed E-state index contributed by atoms with van der Waals surface area (Å²) in [4.78, 5) is 15.6. The van der Waals surface area contributed by atoms with E-state index in [4.69, 9.17) is 4.74 Å². The van der Waals surface area contributed by atoms with E-state index in [1.165, 1.54) is 12.1 Å². The molecule has 24 heavy (non-hydrogen) atoms. The normalized spacial score (nSPS) is 12.4. The molecule has 134 valence electrons. The lowest BCUT2D eigenvalue weighted by Crippen LogP contribution is -2.46. The molecule has 6 nitrogen and oxygen atoms in total. The Morgan fingerprint density at radius 3 is 2.71 bits per heavy atom. The van der Waals surface area contributed by atoms with Crippen molar-refractivity contribution in [2.45, 2.75) is 32.8 Å². The second kappa shape index (κ2) is 11.3. The fourth-order valence-electron chi connectivity index (χ4n) is 1.92. The second-order valence-electron chi connectivity index (χ2n) is 5.26. The third kappa shape index (κ3) is 7.80. The van der Waals surface area contributed by atoms with Gasteiger partial charge in [0.2, 0.25) is 5.91 Å². The van der Waals surface area contributed by atoms with Gasteiger partial charge in [-0.1, -0.05) is 19.9 Å². The van der Waals surface area contributed by atoms with E-state index in [0.29, 0.717) is 24.8 Å². The van der Waals surface area contributed by atoms with Crippen LogP contribution in [0.1, 0.15) is 26.7 Å². The van der Waals surface area contributed by atoms with Crippen LogP contribution in [0.5, 0.6) is 5.75 Å². The summed E-state index contributed by atoms with van der Waals surface area (Å²) in [6.07, 6.45) is 1.51. The van der Waals surface area contributed by atoms with Crippen molar-refractivity contribution in [2.24, 2.45) is 4.99 Å². The highest BCUT2D eigenvalue weighted by atomic mass is 19.1. The minimum atomic E-state index is -0.328. The second-order valence-corrected chi connectivity index (χ2v) is 5.26. The van der Waals surface area contributed by atoms with Crippen LogP contribution in [0.3, 0.4) is 0 Å². The number of benzene rings is 1. The topological polar surface area (TPSA) is 74.8 Å². The van der Waals surface area contributed by atoms with Crippen LogP contribution in [0.15, 0.2) is 29.3 Å². The van der Waals surface area contributed by atoms with E-state index in [1.54, 1.807) is 19.2 Å². The first-order valence-electron chi connectivity index (χ1n) is 8.22. The van der Waals surface area contributed by atoms with Crippen molar-refractivity contribution in [1.82, 2.24) is 16.0 Å². The Labute approximate surface area is 142 Å². The summed E-state index contributed by atoms with van der Waals surface area (Å²) in [5.41, 5.74) is 0. The molecule has 0 fully saturated rings. The smallest absolute Gasteiger partial charge is 0.239 e.